The molecular weight excluding hydrogens is 212 g/mol. The monoisotopic (exact) mass is 236 g/mol. The van der Waals surface area contributed by atoms with Gasteiger partial charge in [-0.2, -0.15) is 5.10 Å². The lowest BCUT2D eigenvalue weighted by atomic mass is 9.99. The fourth-order valence-corrected chi connectivity index (χ4v) is 2.31. The molecule has 1 aromatic rings. The maximum atomic E-state index is 4.16. The molecule has 0 spiro atoms. The van der Waals surface area contributed by atoms with E-state index in [1.54, 1.807) is 0 Å². The van der Waals surface area contributed by atoms with E-state index in [9.17, 15) is 0 Å². The maximum Gasteiger partial charge on any atom is 0.0518 e. The highest BCUT2D eigenvalue weighted by Gasteiger charge is 2.14. The van der Waals surface area contributed by atoms with E-state index in [4.69, 9.17) is 0 Å². The minimum absolute atomic E-state index is 0.917. The number of aromatic nitrogens is 2. The topological polar surface area (TPSA) is 33.1 Å². The second kappa shape index (κ2) is 6.17. The summed E-state index contributed by atoms with van der Waals surface area (Å²) in [7, 11) is 1.99. The van der Waals surface area contributed by atoms with E-state index in [-0.39, 0.29) is 0 Å². The predicted octanol–water partition coefficient (Wildman–Crippen LogP) is 1.24. The first kappa shape index (κ1) is 12.6. The first-order chi connectivity index (χ1) is 8.25. The minimum atomic E-state index is 0.917. The van der Waals surface area contributed by atoms with Crippen LogP contribution >= 0.6 is 0 Å². The van der Waals surface area contributed by atoms with Gasteiger partial charge in [-0.25, -0.2) is 0 Å². The summed E-state index contributed by atoms with van der Waals surface area (Å²) >= 11 is 0. The Hall–Kier alpha value is -0.870. The van der Waals surface area contributed by atoms with E-state index in [0.717, 1.165) is 19.0 Å². The van der Waals surface area contributed by atoms with Gasteiger partial charge in [0.15, 0.2) is 0 Å². The zero-order valence-electron chi connectivity index (χ0n) is 11.0. The van der Waals surface area contributed by atoms with Crippen LogP contribution in [0, 0.1) is 5.92 Å². The summed E-state index contributed by atoms with van der Waals surface area (Å²) < 4.78 is 1.93. The van der Waals surface area contributed by atoms with Gasteiger partial charge in [0.1, 0.15) is 0 Å². The molecule has 2 rings (SSSR count). The number of hydrogen-bond acceptors (Lipinski definition) is 3. The average Bonchev–Trinajstić information content (AvgIpc) is 2.73. The molecular formula is C13H24N4. The highest BCUT2D eigenvalue weighted by Crippen LogP contribution is 2.15. The molecule has 0 amide bonds. The standard InChI is InChI=1S/C13H24N4/c1-12-4-8-17(9-5-12)10-7-14-11-13-3-6-15-16(13)2/h3,6,12,14H,4-5,7-11H2,1-2H3. The van der Waals surface area contributed by atoms with E-state index in [2.05, 4.69) is 28.3 Å². The summed E-state index contributed by atoms with van der Waals surface area (Å²) in [6.07, 6.45) is 4.58. The number of nitrogens with one attached hydrogen (secondary N) is 1. The van der Waals surface area contributed by atoms with Crippen LogP contribution in [-0.2, 0) is 13.6 Å². The van der Waals surface area contributed by atoms with Crippen LogP contribution in [0.1, 0.15) is 25.5 Å². The zero-order chi connectivity index (χ0) is 12.1. The highest BCUT2D eigenvalue weighted by molar-refractivity contribution is 4.99. The van der Waals surface area contributed by atoms with Gasteiger partial charge in [0.2, 0.25) is 0 Å². The molecule has 0 bridgehead atoms. The lowest BCUT2D eigenvalue weighted by Gasteiger charge is -2.30. The Morgan fingerprint density at radius 1 is 1.41 bits per heavy atom. The molecule has 2 heterocycles. The van der Waals surface area contributed by atoms with Crippen molar-refractivity contribution in [2.75, 3.05) is 26.2 Å². The van der Waals surface area contributed by atoms with Gasteiger partial charge >= 0.3 is 0 Å². The Morgan fingerprint density at radius 2 is 2.18 bits per heavy atom. The van der Waals surface area contributed by atoms with Crippen LogP contribution in [0.15, 0.2) is 12.3 Å². The Bertz CT molecular complexity index is 326. The molecule has 1 saturated heterocycles. The smallest absolute Gasteiger partial charge is 0.0518 e. The maximum absolute atomic E-state index is 4.16. The molecule has 4 heteroatoms. The number of nitrogens with zero attached hydrogens (tertiary/aromatic N) is 3. The Kier molecular flexibility index (Phi) is 4.57. The van der Waals surface area contributed by atoms with Crippen molar-refractivity contribution in [2.45, 2.75) is 26.3 Å². The van der Waals surface area contributed by atoms with E-state index in [0.29, 0.717) is 0 Å². The Labute approximate surface area is 104 Å². The summed E-state index contributed by atoms with van der Waals surface area (Å²) in [5.74, 6) is 0.925. The molecule has 1 fully saturated rings. The van der Waals surface area contributed by atoms with Gasteiger partial charge in [-0.05, 0) is 37.9 Å². The van der Waals surface area contributed by atoms with E-state index >= 15 is 0 Å². The zero-order valence-corrected chi connectivity index (χ0v) is 11.0. The van der Waals surface area contributed by atoms with E-state index < -0.39 is 0 Å². The Balaban J connectivity index is 1.59. The summed E-state index contributed by atoms with van der Waals surface area (Å²) in [6.45, 7) is 8.06. The van der Waals surface area contributed by atoms with Crippen molar-refractivity contribution in [3.63, 3.8) is 0 Å². The predicted molar refractivity (Wildman–Crippen MR) is 69.8 cm³/mol. The summed E-state index contributed by atoms with van der Waals surface area (Å²) in [6, 6.07) is 2.07. The third-order valence-corrected chi connectivity index (χ3v) is 3.71. The van der Waals surface area contributed by atoms with Gasteiger partial charge < -0.3 is 10.2 Å². The van der Waals surface area contributed by atoms with Crippen LogP contribution in [0.3, 0.4) is 0 Å². The molecule has 1 aliphatic rings. The SMILES string of the molecule is CC1CCN(CCNCc2ccnn2C)CC1. The third kappa shape index (κ3) is 3.82. The normalized spacial score (nSPS) is 18.7. The van der Waals surface area contributed by atoms with Gasteiger partial charge in [-0.15, -0.1) is 0 Å². The third-order valence-electron chi connectivity index (χ3n) is 3.71. The van der Waals surface area contributed by atoms with Crippen molar-refractivity contribution in [2.24, 2.45) is 13.0 Å². The number of likely N-dealkylation sites (tertiary alicyclic amines) is 1. The lowest BCUT2D eigenvalue weighted by Crippen LogP contribution is -2.37. The molecule has 1 N–H and O–H groups in total. The fourth-order valence-electron chi connectivity index (χ4n) is 2.31. The molecule has 0 aliphatic carbocycles. The molecule has 1 aliphatic heterocycles. The van der Waals surface area contributed by atoms with Gasteiger partial charge in [-0.3, -0.25) is 4.68 Å². The molecule has 0 unspecified atom stereocenters. The van der Waals surface area contributed by atoms with Gasteiger partial charge in [0.05, 0.1) is 5.69 Å². The van der Waals surface area contributed by atoms with Crippen LogP contribution in [-0.4, -0.2) is 40.9 Å². The van der Waals surface area contributed by atoms with Crippen molar-refractivity contribution < 1.29 is 0 Å². The van der Waals surface area contributed by atoms with Crippen molar-refractivity contribution >= 4 is 0 Å². The summed E-state index contributed by atoms with van der Waals surface area (Å²) in [5.41, 5.74) is 1.25. The van der Waals surface area contributed by atoms with Crippen molar-refractivity contribution in [3.8, 4) is 0 Å². The summed E-state index contributed by atoms with van der Waals surface area (Å²) in [4.78, 5) is 2.57. The average molecular weight is 236 g/mol. The molecule has 96 valence electrons. The van der Waals surface area contributed by atoms with E-state index in [1.165, 1.54) is 38.2 Å². The fraction of sp³-hybridized carbons (Fsp3) is 0.769. The van der Waals surface area contributed by atoms with Crippen molar-refractivity contribution in [1.29, 1.82) is 0 Å². The number of aryl methyl sites for hydroxylation is 1. The van der Waals surface area contributed by atoms with Gasteiger partial charge in [0.25, 0.3) is 0 Å². The Morgan fingerprint density at radius 3 is 2.82 bits per heavy atom. The largest absolute Gasteiger partial charge is 0.310 e. The van der Waals surface area contributed by atoms with Crippen LogP contribution in [0.4, 0.5) is 0 Å². The van der Waals surface area contributed by atoms with Crippen LogP contribution in [0.5, 0.6) is 0 Å². The van der Waals surface area contributed by atoms with Crippen molar-refractivity contribution in [1.82, 2.24) is 20.0 Å². The molecule has 1 aromatic heterocycles. The summed E-state index contributed by atoms with van der Waals surface area (Å²) in [5, 5.41) is 7.64. The minimum Gasteiger partial charge on any atom is -0.310 e. The van der Waals surface area contributed by atoms with Crippen molar-refractivity contribution in [3.05, 3.63) is 18.0 Å². The van der Waals surface area contributed by atoms with Gasteiger partial charge in [0, 0.05) is 32.9 Å². The molecule has 0 atom stereocenters. The second-order valence-electron chi connectivity index (χ2n) is 5.15. The van der Waals surface area contributed by atoms with E-state index in [1.807, 2.05) is 17.9 Å². The number of piperidine rings is 1. The highest BCUT2D eigenvalue weighted by atomic mass is 15.3. The number of rotatable bonds is 5. The molecule has 4 nitrogen and oxygen atoms in total. The first-order valence-electron chi connectivity index (χ1n) is 6.65. The van der Waals surface area contributed by atoms with Crippen LogP contribution in [0.2, 0.25) is 0 Å². The first-order valence-corrected chi connectivity index (χ1v) is 6.65. The molecule has 0 radical (unpaired) electrons. The van der Waals surface area contributed by atoms with Crippen LogP contribution < -0.4 is 5.32 Å². The van der Waals surface area contributed by atoms with Crippen LogP contribution in [0.25, 0.3) is 0 Å². The number of hydrogen-bond donors (Lipinski definition) is 1. The molecule has 0 saturated carbocycles. The lowest BCUT2D eigenvalue weighted by molar-refractivity contribution is 0.193. The quantitative estimate of drug-likeness (QED) is 0.781. The molecule has 17 heavy (non-hydrogen) atoms. The van der Waals surface area contributed by atoms with Gasteiger partial charge in [-0.1, -0.05) is 6.92 Å². The second-order valence-corrected chi connectivity index (χ2v) is 5.15. The molecule has 0 aromatic carbocycles.